The van der Waals surface area contributed by atoms with Crippen molar-refractivity contribution in [2.45, 2.75) is 92.1 Å². The minimum absolute atomic E-state index is 0.0322. The van der Waals surface area contributed by atoms with Gasteiger partial charge in [0.15, 0.2) is 18.9 Å². The van der Waals surface area contributed by atoms with Crippen molar-refractivity contribution in [1.82, 2.24) is 0 Å². The molecule has 18 nitrogen and oxygen atoms in total. The third-order valence-corrected chi connectivity index (χ3v) is 9.10. The zero-order valence-corrected chi connectivity index (χ0v) is 28.2. The molecule has 4 heterocycles. The predicted octanol–water partition coefficient (Wildman–Crippen LogP) is 0.580. The molecule has 1 aromatic rings. The molecule has 5 rings (SSSR count). The average Bonchev–Trinajstić information content (AvgIpc) is 3.56. The van der Waals surface area contributed by atoms with Gasteiger partial charge in [0, 0.05) is 47.6 Å². The molecular formula is C31H45N3O15. The number of hydrogen-bond donors (Lipinski definition) is 1. The van der Waals surface area contributed by atoms with E-state index in [1.807, 2.05) is 0 Å². The minimum Gasteiger partial charge on any atom is -0.459 e. The number of fused-ring (bicyclic) bond motifs is 2. The molecule has 4 aliphatic heterocycles. The molecule has 0 spiro atoms. The van der Waals surface area contributed by atoms with Crippen molar-refractivity contribution in [1.29, 1.82) is 0 Å². The van der Waals surface area contributed by atoms with Crippen LogP contribution < -0.4 is 0 Å². The fourth-order valence-electron chi connectivity index (χ4n) is 6.72. The molecule has 0 aromatic heterocycles. The number of azide groups is 1. The first-order valence-corrected chi connectivity index (χ1v) is 15.8. The summed E-state index contributed by atoms with van der Waals surface area (Å²) in [5.41, 5.74) is 9.51. The van der Waals surface area contributed by atoms with Crippen LogP contribution in [0, 0.1) is 0 Å². The van der Waals surface area contributed by atoms with Gasteiger partial charge in [0.2, 0.25) is 0 Å². The molecule has 4 saturated heterocycles. The molecule has 15 atom stereocenters. The zero-order valence-electron chi connectivity index (χ0n) is 28.2. The summed E-state index contributed by atoms with van der Waals surface area (Å²) >= 11 is 0. The second kappa shape index (κ2) is 17.6. The van der Waals surface area contributed by atoms with Gasteiger partial charge in [-0.25, -0.2) is 4.79 Å². The van der Waals surface area contributed by atoms with Crippen LogP contribution in [-0.2, 0) is 61.6 Å². The first-order chi connectivity index (χ1) is 23.8. The highest BCUT2D eigenvalue weighted by atomic mass is 16.8. The third-order valence-electron chi connectivity index (χ3n) is 9.10. The Labute approximate surface area is 283 Å². The number of carbonyl (C=O) groups excluding carboxylic acids is 1. The second-order valence-corrected chi connectivity index (χ2v) is 11.8. The van der Waals surface area contributed by atoms with E-state index in [2.05, 4.69) is 10.0 Å². The topological polar surface area (TPSA) is 206 Å². The van der Waals surface area contributed by atoms with Crippen LogP contribution in [0.3, 0.4) is 0 Å². The van der Waals surface area contributed by atoms with Crippen LogP contribution in [0.1, 0.15) is 10.4 Å². The maximum Gasteiger partial charge on any atom is 0.338 e. The van der Waals surface area contributed by atoms with E-state index in [4.69, 9.17) is 61.6 Å². The van der Waals surface area contributed by atoms with Crippen LogP contribution in [-0.4, -0.2) is 166 Å². The summed E-state index contributed by atoms with van der Waals surface area (Å²) in [6.07, 6.45) is -12.6. The quantitative estimate of drug-likeness (QED) is 0.115. The third kappa shape index (κ3) is 8.03. The highest BCUT2D eigenvalue weighted by molar-refractivity contribution is 5.89. The molecule has 6 unspecified atom stereocenters. The van der Waals surface area contributed by atoms with Gasteiger partial charge < -0.3 is 66.7 Å². The normalized spacial score (nSPS) is 40.4. The molecule has 274 valence electrons. The lowest BCUT2D eigenvalue weighted by atomic mass is 9.95. The number of carbonyl (C=O) groups is 1. The van der Waals surface area contributed by atoms with Crippen LogP contribution in [0.15, 0.2) is 35.4 Å². The number of ether oxygens (including phenoxy) is 13. The summed E-state index contributed by atoms with van der Waals surface area (Å²) in [7, 11) is 8.78. The van der Waals surface area contributed by atoms with Crippen molar-refractivity contribution in [2.75, 3.05) is 62.5 Å². The first-order valence-electron chi connectivity index (χ1n) is 15.8. The average molecular weight is 700 g/mol. The van der Waals surface area contributed by atoms with Gasteiger partial charge >= 0.3 is 5.97 Å². The van der Waals surface area contributed by atoms with Crippen molar-refractivity contribution in [3.05, 3.63) is 46.3 Å². The van der Waals surface area contributed by atoms with Crippen molar-refractivity contribution in [3.63, 3.8) is 0 Å². The number of hydrogen-bond acceptors (Lipinski definition) is 16. The van der Waals surface area contributed by atoms with Crippen molar-refractivity contribution >= 4 is 5.97 Å². The van der Waals surface area contributed by atoms with Gasteiger partial charge in [-0.2, -0.15) is 0 Å². The van der Waals surface area contributed by atoms with Crippen molar-refractivity contribution < 1.29 is 71.5 Å². The summed E-state index contributed by atoms with van der Waals surface area (Å²) in [6, 6.07) is 7.63. The minimum atomic E-state index is -1.24. The lowest BCUT2D eigenvalue weighted by Crippen LogP contribution is -2.67. The summed E-state index contributed by atoms with van der Waals surface area (Å²) in [4.78, 5) is 15.6. The Morgan fingerprint density at radius 3 is 2.02 bits per heavy atom. The van der Waals surface area contributed by atoms with Gasteiger partial charge in [-0.1, -0.05) is 23.3 Å². The molecule has 0 amide bonds. The molecule has 49 heavy (non-hydrogen) atoms. The molecule has 4 fully saturated rings. The lowest BCUT2D eigenvalue weighted by Gasteiger charge is -2.49. The number of methoxy groups -OCH3 is 6. The maximum atomic E-state index is 12.7. The van der Waals surface area contributed by atoms with Gasteiger partial charge in [-0.3, -0.25) is 0 Å². The molecule has 4 aliphatic rings. The molecule has 0 radical (unpaired) electrons. The van der Waals surface area contributed by atoms with E-state index in [-0.39, 0.29) is 19.8 Å². The fraction of sp³-hybridized carbons (Fsp3) is 0.774. The Hall–Kier alpha value is -2.52. The van der Waals surface area contributed by atoms with E-state index in [0.717, 1.165) is 0 Å². The van der Waals surface area contributed by atoms with Crippen LogP contribution in [0.4, 0.5) is 0 Å². The smallest absolute Gasteiger partial charge is 0.338 e. The number of aliphatic hydroxyl groups excluding tert-OH is 1. The predicted molar refractivity (Wildman–Crippen MR) is 163 cm³/mol. The second-order valence-electron chi connectivity index (χ2n) is 11.8. The van der Waals surface area contributed by atoms with Gasteiger partial charge in [0.25, 0.3) is 0 Å². The van der Waals surface area contributed by atoms with Crippen LogP contribution in [0.5, 0.6) is 0 Å². The van der Waals surface area contributed by atoms with Crippen molar-refractivity contribution in [3.8, 4) is 0 Å². The number of aliphatic hydroxyl groups is 1. The Bertz CT molecular complexity index is 1240. The van der Waals surface area contributed by atoms with E-state index in [9.17, 15) is 15.4 Å². The Kier molecular flexibility index (Phi) is 13.6. The molecular weight excluding hydrogens is 654 g/mol. The van der Waals surface area contributed by atoms with Gasteiger partial charge in [-0.05, 0) is 17.7 Å². The van der Waals surface area contributed by atoms with Gasteiger partial charge in [0.05, 0.1) is 24.9 Å². The van der Waals surface area contributed by atoms with Crippen LogP contribution in [0.2, 0.25) is 0 Å². The number of benzene rings is 1. The molecule has 0 saturated carbocycles. The summed E-state index contributed by atoms with van der Waals surface area (Å²) < 4.78 is 77.1. The number of rotatable bonds is 15. The highest BCUT2D eigenvalue weighted by Gasteiger charge is 2.57. The largest absolute Gasteiger partial charge is 0.459 e. The fourth-order valence-corrected chi connectivity index (χ4v) is 6.72. The standard InChI is InChI=1S/C31H45N3O15/c1-37-12-17-22(49-30-26(41-5)24(39-3)20(35)16(45-30)13-43-28(36)15-10-8-7-9-11-15)25(40-4)27(42-6)31(47-17)48-21-18-14-44-29(46-18)19(33-34-32)23(21)38-2/h7-11,16-27,29-31,35H,12-14H2,1-6H3/t16-,17-,18?,19?,20+,21-,22+,23-,24?,25?,26?,27?,29+,30+,31-/m0/s1. The van der Waals surface area contributed by atoms with Gasteiger partial charge in [0.1, 0.15) is 73.7 Å². The Morgan fingerprint density at radius 1 is 0.796 bits per heavy atom. The van der Waals surface area contributed by atoms with E-state index < -0.39 is 98.0 Å². The number of esters is 1. The number of nitrogens with zero attached hydrogens (tertiary/aromatic N) is 3. The van der Waals surface area contributed by atoms with E-state index in [0.29, 0.717) is 5.56 Å². The summed E-state index contributed by atoms with van der Waals surface area (Å²) in [6.45, 7) is -0.0844. The molecule has 1 N–H and O–H groups in total. The van der Waals surface area contributed by atoms with E-state index in [1.165, 1.54) is 42.7 Å². The van der Waals surface area contributed by atoms with Gasteiger partial charge in [-0.15, -0.1) is 0 Å². The Morgan fingerprint density at radius 2 is 1.41 bits per heavy atom. The molecule has 1 aromatic carbocycles. The van der Waals surface area contributed by atoms with Crippen LogP contribution >= 0.6 is 0 Å². The summed E-state index contributed by atoms with van der Waals surface area (Å²) in [5.74, 6) is -0.588. The molecule has 2 bridgehead atoms. The van der Waals surface area contributed by atoms with Crippen LogP contribution in [0.25, 0.3) is 10.4 Å². The van der Waals surface area contributed by atoms with E-state index in [1.54, 1.807) is 30.3 Å². The summed E-state index contributed by atoms with van der Waals surface area (Å²) in [5, 5.41) is 15.0. The Balaban J connectivity index is 1.36. The molecule has 18 heteroatoms. The van der Waals surface area contributed by atoms with Crippen molar-refractivity contribution in [2.24, 2.45) is 5.11 Å². The van der Waals surface area contributed by atoms with E-state index >= 15 is 0 Å². The monoisotopic (exact) mass is 699 g/mol. The molecule has 0 aliphatic carbocycles. The zero-order chi connectivity index (χ0) is 35.1. The first kappa shape index (κ1) is 37.7. The highest BCUT2D eigenvalue weighted by Crippen LogP contribution is 2.38. The SMILES string of the molecule is COC[C@@H]1O[C@@H](O[C@H]2C3CO[C@H](O3)C(N=[N+]=[N-])[C@@H]2OC)C(OC)C(OC)[C@@H]1O[C@H]1O[C@@H](COC(=O)c2ccccc2)[C@@H](O)C(OC)C1OC. The lowest BCUT2D eigenvalue weighted by molar-refractivity contribution is -0.375. The maximum absolute atomic E-state index is 12.7.